The minimum absolute atomic E-state index is 0.204. The summed E-state index contributed by atoms with van der Waals surface area (Å²) in [6, 6.07) is 1.98. The molecule has 0 atom stereocenters. The molecule has 5 nitrogen and oxygen atoms in total. The van der Waals surface area contributed by atoms with Crippen LogP contribution in [-0.2, 0) is 23.6 Å². The average Bonchev–Trinajstić information content (AvgIpc) is 3.12. The Bertz CT molecular complexity index is 559. The van der Waals surface area contributed by atoms with Crippen LogP contribution in [0.25, 0.3) is 0 Å². The smallest absolute Gasteiger partial charge is 0.244 e. The normalized spacial score (nSPS) is 16.3. The zero-order chi connectivity index (χ0) is 14.9. The van der Waals surface area contributed by atoms with E-state index in [2.05, 4.69) is 19.2 Å². The second-order valence-electron chi connectivity index (χ2n) is 6.01. The second kappa shape index (κ2) is 5.87. The molecule has 1 aromatic heterocycles. The fourth-order valence-corrected chi connectivity index (χ4v) is 4.32. The van der Waals surface area contributed by atoms with Gasteiger partial charge in [-0.25, -0.2) is 8.42 Å². The van der Waals surface area contributed by atoms with Crippen molar-refractivity contribution in [1.29, 1.82) is 0 Å². The van der Waals surface area contributed by atoms with Crippen molar-refractivity contribution in [2.24, 2.45) is 13.0 Å². The van der Waals surface area contributed by atoms with Crippen LogP contribution in [0.4, 0.5) is 0 Å². The third-order valence-corrected chi connectivity index (χ3v) is 5.43. The third-order valence-electron chi connectivity index (χ3n) is 3.55. The first-order chi connectivity index (χ1) is 9.36. The van der Waals surface area contributed by atoms with Gasteiger partial charge in [-0.2, -0.15) is 4.31 Å². The van der Waals surface area contributed by atoms with Gasteiger partial charge in [0.2, 0.25) is 10.0 Å². The van der Waals surface area contributed by atoms with Gasteiger partial charge in [-0.3, -0.25) is 0 Å². The molecule has 114 valence electrons. The minimum Gasteiger partial charge on any atom is -0.352 e. The zero-order valence-electron chi connectivity index (χ0n) is 12.8. The summed E-state index contributed by atoms with van der Waals surface area (Å²) >= 11 is 0. The van der Waals surface area contributed by atoms with Gasteiger partial charge in [0, 0.05) is 38.1 Å². The predicted molar refractivity (Wildman–Crippen MR) is 79.9 cm³/mol. The maximum atomic E-state index is 12.8. The molecular weight excluding hydrogens is 274 g/mol. The van der Waals surface area contributed by atoms with Crippen LogP contribution in [0.5, 0.6) is 0 Å². The second-order valence-corrected chi connectivity index (χ2v) is 7.90. The number of aryl methyl sites for hydroxylation is 1. The van der Waals surface area contributed by atoms with Crippen molar-refractivity contribution in [2.45, 2.75) is 44.2 Å². The maximum absolute atomic E-state index is 12.8. The lowest BCUT2D eigenvalue weighted by Crippen LogP contribution is -2.35. The van der Waals surface area contributed by atoms with Crippen molar-refractivity contribution >= 4 is 10.0 Å². The van der Waals surface area contributed by atoms with E-state index in [4.69, 9.17) is 0 Å². The Morgan fingerprint density at radius 1 is 1.45 bits per heavy atom. The Morgan fingerprint density at radius 2 is 2.10 bits per heavy atom. The molecule has 1 aliphatic rings. The van der Waals surface area contributed by atoms with Gasteiger partial charge in [0.05, 0.1) is 0 Å². The van der Waals surface area contributed by atoms with E-state index in [9.17, 15) is 8.42 Å². The van der Waals surface area contributed by atoms with Crippen LogP contribution in [0.15, 0.2) is 17.2 Å². The topological polar surface area (TPSA) is 54.3 Å². The molecule has 0 bridgehead atoms. The van der Waals surface area contributed by atoms with Crippen LogP contribution < -0.4 is 5.32 Å². The molecule has 0 aliphatic heterocycles. The van der Waals surface area contributed by atoms with Crippen molar-refractivity contribution in [2.75, 3.05) is 13.6 Å². The van der Waals surface area contributed by atoms with Crippen LogP contribution >= 0.6 is 0 Å². The van der Waals surface area contributed by atoms with Gasteiger partial charge in [0.15, 0.2) is 0 Å². The number of nitrogens with one attached hydrogen (secondary N) is 1. The summed E-state index contributed by atoms with van der Waals surface area (Å²) in [5.74, 6) is 0.339. The first kappa shape index (κ1) is 15.5. The highest BCUT2D eigenvalue weighted by Crippen LogP contribution is 2.33. The molecule has 2 rings (SSSR count). The summed E-state index contributed by atoms with van der Waals surface area (Å²) in [6.45, 7) is 5.38. The molecule has 0 spiro atoms. The monoisotopic (exact) mass is 299 g/mol. The molecule has 1 N–H and O–H groups in total. The SMILES string of the molecule is CNCc1cc(S(=O)(=O)N(CC(C)C)C2CC2)cn1C. The largest absolute Gasteiger partial charge is 0.352 e. The van der Waals surface area contributed by atoms with E-state index < -0.39 is 10.0 Å². The van der Waals surface area contributed by atoms with Gasteiger partial charge < -0.3 is 9.88 Å². The molecule has 1 fully saturated rings. The Labute approximate surface area is 122 Å². The quantitative estimate of drug-likeness (QED) is 0.831. The number of hydrogen-bond acceptors (Lipinski definition) is 3. The summed E-state index contributed by atoms with van der Waals surface area (Å²) in [5, 5.41) is 3.06. The summed E-state index contributed by atoms with van der Waals surface area (Å²) in [5.41, 5.74) is 0.978. The van der Waals surface area contributed by atoms with E-state index in [1.807, 2.05) is 18.7 Å². The van der Waals surface area contributed by atoms with Crippen molar-refractivity contribution in [3.05, 3.63) is 18.0 Å². The lowest BCUT2D eigenvalue weighted by atomic mass is 10.2. The van der Waals surface area contributed by atoms with Crippen LogP contribution in [0.3, 0.4) is 0 Å². The van der Waals surface area contributed by atoms with Crippen molar-refractivity contribution < 1.29 is 8.42 Å². The maximum Gasteiger partial charge on any atom is 0.244 e. The van der Waals surface area contributed by atoms with Crippen molar-refractivity contribution in [3.8, 4) is 0 Å². The van der Waals surface area contributed by atoms with Crippen LogP contribution in [0.1, 0.15) is 32.4 Å². The highest BCUT2D eigenvalue weighted by molar-refractivity contribution is 7.89. The molecular formula is C14H25N3O2S. The molecule has 1 heterocycles. The first-order valence-electron chi connectivity index (χ1n) is 7.18. The summed E-state index contributed by atoms with van der Waals surface area (Å²) in [7, 11) is 0.374. The molecule has 0 aromatic carbocycles. The Morgan fingerprint density at radius 3 is 2.60 bits per heavy atom. The Balaban J connectivity index is 2.30. The number of aromatic nitrogens is 1. The van der Waals surface area contributed by atoms with Gasteiger partial charge in [-0.05, 0) is 31.9 Å². The van der Waals surface area contributed by atoms with Gasteiger partial charge in [-0.15, -0.1) is 0 Å². The fourth-order valence-electron chi connectivity index (χ4n) is 2.38. The lowest BCUT2D eigenvalue weighted by molar-refractivity contribution is 0.360. The van der Waals surface area contributed by atoms with E-state index in [1.165, 1.54) is 0 Å². The van der Waals surface area contributed by atoms with Crippen molar-refractivity contribution in [3.63, 3.8) is 0 Å². The van der Waals surface area contributed by atoms with E-state index in [0.717, 1.165) is 18.5 Å². The summed E-state index contributed by atoms with van der Waals surface area (Å²) < 4.78 is 29.2. The van der Waals surface area contributed by atoms with Gasteiger partial charge in [-0.1, -0.05) is 13.8 Å². The molecule has 1 aromatic rings. The van der Waals surface area contributed by atoms with Crippen LogP contribution in [0.2, 0.25) is 0 Å². The minimum atomic E-state index is -3.37. The molecule has 0 unspecified atom stereocenters. The molecule has 20 heavy (non-hydrogen) atoms. The van der Waals surface area contributed by atoms with Gasteiger partial charge in [0.1, 0.15) is 4.90 Å². The van der Waals surface area contributed by atoms with E-state index in [0.29, 0.717) is 23.9 Å². The molecule has 1 saturated carbocycles. The molecule has 0 radical (unpaired) electrons. The van der Waals surface area contributed by atoms with E-state index >= 15 is 0 Å². The standard InChI is InChI=1S/C14H25N3O2S/c1-11(2)9-17(12-5-6-12)20(18,19)14-7-13(8-15-3)16(4)10-14/h7,10-12,15H,5-6,8-9H2,1-4H3. The Hall–Kier alpha value is -0.850. The average molecular weight is 299 g/mol. The zero-order valence-corrected chi connectivity index (χ0v) is 13.6. The number of sulfonamides is 1. The van der Waals surface area contributed by atoms with E-state index in [1.54, 1.807) is 16.6 Å². The van der Waals surface area contributed by atoms with Gasteiger partial charge >= 0.3 is 0 Å². The lowest BCUT2D eigenvalue weighted by Gasteiger charge is -2.23. The highest BCUT2D eigenvalue weighted by Gasteiger charge is 2.38. The van der Waals surface area contributed by atoms with E-state index in [-0.39, 0.29) is 6.04 Å². The number of nitrogens with zero attached hydrogens (tertiary/aromatic N) is 2. The Kier molecular flexibility index (Phi) is 4.56. The van der Waals surface area contributed by atoms with Crippen LogP contribution in [0, 0.1) is 5.92 Å². The van der Waals surface area contributed by atoms with Gasteiger partial charge in [0.25, 0.3) is 0 Å². The van der Waals surface area contributed by atoms with Crippen molar-refractivity contribution in [1.82, 2.24) is 14.2 Å². The fraction of sp³-hybridized carbons (Fsp3) is 0.714. The summed E-state index contributed by atoms with van der Waals surface area (Å²) in [4.78, 5) is 0.415. The molecule has 0 saturated heterocycles. The first-order valence-corrected chi connectivity index (χ1v) is 8.62. The molecule has 0 amide bonds. The number of rotatable bonds is 7. The number of hydrogen-bond donors (Lipinski definition) is 1. The van der Waals surface area contributed by atoms with Crippen LogP contribution in [-0.4, -0.2) is 36.9 Å². The molecule has 6 heteroatoms. The third kappa shape index (κ3) is 3.24. The highest BCUT2D eigenvalue weighted by atomic mass is 32.2. The molecule has 1 aliphatic carbocycles. The summed E-state index contributed by atoms with van der Waals surface area (Å²) in [6.07, 6.45) is 3.70. The predicted octanol–water partition coefficient (Wildman–Crippen LogP) is 1.55.